The molecule has 4 atom stereocenters. The van der Waals surface area contributed by atoms with Gasteiger partial charge in [0.05, 0.1) is 26.2 Å². The zero-order chi connectivity index (χ0) is 29.9. The Balaban J connectivity index is 1.52. The van der Waals surface area contributed by atoms with Gasteiger partial charge in [-0.05, 0) is 71.3 Å². The molecule has 7 rings (SSSR count). The molecule has 4 aromatic rings. The number of methoxy groups -OCH3 is 2. The number of carbonyl (C=O) groups is 3. The Morgan fingerprint density at radius 1 is 0.837 bits per heavy atom. The molecule has 43 heavy (non-hydrogen) atoms. The molecule has 1 spiro atoms. The maximum atomic E-state index is 14.9. The van der Waals surface area contributed by atoms with E-state index in [-0.39, 0.29) is 22.8 Å². The van der Waals surface area contributed by atoms with Crippen molar-refractivity contribution in [2.75, 3.05) is 19.5 Å². The standard InChI is InChI=1S/C35H27FN2O5/c1-42-27-16-13-22(19-28(27)43-2)31(39)29-30(32(40)21-11-14-23(36)15-12-21)38-18-17-20-7-3-4-8-24(20)33(38)35(29)25-9-5-6-10-26(25)37-34(35)41/h3-19,29-30,33H,1-2H3,(H,37,41)/t29-,30+,33-,35-/m0/s1. The lowest BCUT2D eigenvalue weighted by atomic mass is 9.62. The summed E-state index contributed by atoms with van der Waals surface area (Å²) >= 11 is 0. The molecule has 0 radical (unpaired) electrons. The van der Waals surface area contributed by atoms with Gasteiger partial charge in [-0.3, -0.25) is 14.4 Å². The fourth-order valence-electron chi connectivity index (χ4n) is 7.12. The molecule has 1 fully saturated rings. The van der Waals surface area contributed by atoms with Crippen molar-refractivity contribution in [2.24, 2.45) is 5.92 Å². The molecule has 0 aromatic heterocycles. The van der Waals surface area contributed by atoms with Crippen LogP contribution >= 0.6 is 0 Å². The number of fused-ring (bicyclic) bond motifs is 6. The van der Waals surface area contributed by atoms with E-state index in [0.717, 1.165) is 11.1 Å². The number of para-hydroxylation sites is 1. The van der Waals surface area contributed by atoms with Crippen LogP contribution in [0.15, 0.2) is 97.2 Å². The van der Waals surface area contributed by atoms with E-state index in [2.05, 4.69) is 5.32 Å². The Labute approximate surface area is 247 Å². The highest BCUT2D eigenvalue weighted by Gasteiger charge is 2.70. The molecule has 214 valence electrons. The Bertz CT molecular complexity index is 1830. The number of benzene rings is 4. The number of ether oxygens (including phenoxy) is 2. The second-order valence-corrected chi connectivity index (χ2v) is 10.9. The van der Waals surface area contributed by atoms with Crippen LogP contribution in [0.25, 0.3) is 6.08 Å². The monoisotopic (exact) mass is 574 g/mol. The van der Waals surface area contributed by atoms with Crippen molar-refractivity contribution in [3.05, 3.63) is 131 Å². The number of hydrogen-bond acceptors (Lipinski definition) is 6. The van der Waals surface area contributed by atoms with E-state index in [9.17, 15) is 18.8 Å². The average molecular weight is 575 g/mol. The first-order valence-corrected chi connectivity index (χ1v) is 13.9. The van der Waals surface area contributed by atoms with Crippen molar-refractivity contribution >= 4 is 29.2 Å². The smallest absolute Gasteiger partial charge is 0.238 e. The molecule has 1 amide bonds. The average Bonchev–Trinajstić information content (AvgIpc) is 3.52. The number of anilines is 1. The molecule has 1 saturated heterocycles. The Morgan fingerprint density at radius 3 is 2.30 bits per heavy atom. The quantitative estimate of drug-likeness (QED) is 0.292. The second kappa shape index (κ2) is 9.94. The van der Waals surface area contributed by atoms with Gasteiger partial charge in [0.25, 0.3) is 0 Å². The number of rotatable bonds is 6. The molecular formula is C35H27FN2O5. The maximum Gasteiger partial charge on any atom is 0.238 e. The van der Waals surface area contributed by atoms with Crippen LogP contribution in [0, 0.1) is 11.7 Å². The van der Waals surface area contributed by atoms with E-state index in [1.807, 2.05) is 59.5 Å². The van der Waals surface area contributed by atoms with E-state index < -0.39 is 35.0 Å². The molecule has 3 aliphatic heterocycles. The summed E-state index contributed by atoms with van der Waals surface area (Å²) in [6, 6.07) is 23.4. The number of ketones is 2. The van der Waals surface area contributed by atoms with E-state index in [4.69, 9.17) is 9.47 Å². The molecule has 7 nitrogen and oxygen atoms in total. The van der Waals surface area contributed by atoms with Crippen molar-refractivity contribution in [3.63, 3.8) is 0 Å². The van der Waals surface area contributed by atoms with Crippen molar-refractivity contribution in [1.82, 2.24) is 4.90 Å². The van der Waals surface area contributed by atoms with Crippen LogP contribution in [-0.2, 0) is 10.2 Å². The van der Waals surface area contributed by atoms with Crippen molar-refractivity contribution in [1.29, 1.82) is 0 Å². The highest BCUT2D eigenvalue weighted by Crippen LogP contribution is 2.62. The summed E-state index contributed by atoms with van der Waals surface area (Å²) in [7, 11) is 2.98. The van der Waals surface area contributed by atoms with Crippen LogP contribution in [0.3, 0.4) is 0 Å². The van der Waals surface area contributed by atoms with Gasteiger partial charge in [0.2, 0.25) is 5.91 Å². The van der Waals surface area contributed by atoms with Crippen molar-refractivity contribution in [2.45, 2.75) is 17.5 Å². The third-order valence-corrected chi connectivity index (χ3v) is 8.92. The van der Waals surface area contributed by atoms with E-state index in [1.165, 1.54) is 38.5 Å². The van der Waals surface area contributed by atoms with Crippen molar-refractivity contribution < 1.29 is 28.2 Å². The molecule has 1 N–H and O–H groups in total. The van der Waals surface area contributed by atoms with Gasteiger partial charge in [0.15, 0.2) is 23.1 Å². The van der Waals surface area contributed by atoms with E-state index in [0.29, 0.717) is 22.7 Å². The van der Waals surface area contributed by atoms with Crippen LogP contribution in [0.1, 0.15) is 43.4 Å². The summed E-state index contributed by atoms with van der Waals surface area (Å²) in [5, 5.41) is 3.03. The van der Waals surface area contributed by atoms with Gasteiger partial charge >= 0.3 is 0 Å². The number of nitrogens with zero attached hydrogens (tertiary/aromatic N) is 1. The molecule has 4 aromatic carbocycles. The largest absolute Gasteiger partial charge is 0.493 e. The number of carbonyl (C=O) groups excluding carboxylic acids is 3. The summed E-state index contributed by atoms with van der Waals surface area (Å²) in [5.41, 5.74) is 2.01. The number of hydrogen-bond donors (Lipinski definition) is 1. The summed E-state index contributed by atoms with van der Waals surface area (Å²) < 4.78 is 24.8. The predicted octanol–water partition coefficient (Wildman–Crippen LogP) is 5.82. The van der Waals surface area contributed by atoms with E-state index in [1.54, 1.807) is 24.4 Å². The van der Waals surface area contributed by atoms with Gasteiger partial charge in [-0.15, -0.1) is 0 Å². The molecule has 0 aliphatic carbocycles. The molecule has 0 bridgehead atoms. The third-order valence-electron chi connectivity index (χ3n) is 8.92. The fraction of sp³-hybridized carbons (Fsp3) is 0.171. The molecule has 8 heteroatoms. The van der Waals surface area contributed by atoms with Gasteiger partial charge in [-0.2, -0.15) is 0 Å². The zero-order valence-electron chi connectivity index (χ0n) is 23.4. The lowest BCUT2D eigenvalue weighted by Crippen LogP contribution is -2.49. The fourth-order valence-corrected chi connectivity index (χ4v) is 7.12. The summed E-state index contributed by atoms with van der Waals surface area (Å²) in [6.07, 6.45) is 3.70. The lowest BCUT2D eigenvalue weighted by molar-refractivity contribution is -0.122. The maximum absolute atomic E-state index is 14.9. The van der Waals surface area contributed by atoms with Crippen LogP contribution in [0.4, 0.5) is 10.1 Å². The molecule has 3 heterocycles. The minimum absolute atomic E-state index is 0.242. The second-order valence-electron chi connectivity index (χ2n) is 10.9. The molecule has 0 saturated carbocycles. The van der Waals surface area contributed by atoms with Gasteiger partial charge in [-0.25, -0.2) is 4.39 Å². The first-order valence-electron chi connectivity index (χ1n) is 13.9. The zero-order valence-corrected chi connectivity index (χ0v) is 23.4. The minimum Gasteiger partial charge on any atom is -0.493 e. The van der Waals surface area contributed by atoms with Crippen LogP contribution in [0.5, 0.6) is 11.5 Å². The van der Waals surface area contributed by atoms with Crippen molar-refractivity contribution in [3.8, 4) is 11.5 Å². The van der Waals surface area contributed by atoms with Gasteiger partial charge < -0.3 is 19.7 Å². The summed E-state index contributed by atoms with van der Waals surface area (Å²) in [5.74, 6) is -1.99. The molecule has 0 unspecified atom stereocenters. The Hall–Kier alpha value is -5.24. The van der Waals surface area contributed by atoms with Gasteiger partial charge in [-0.1, -0.05) is 42.5 Å². The van der Waals surface area contributed by atoms with Gasteiger partial charge in [0.1, 0.15) is 17.3 Å². The normalized spacial score (nSPS) is 22.9. The molecule has 3 aliphatic rings. The third kappa shape index (κ3) is 3.75. The van der Waals surface area contributed by atoms with Crippen LogP contribution < -0.4 is 14.8 Å². The Morgan fingerprint density at radius 2 is 1.53 bits per heavy atom. The van der Waals surface area contributed by atoms with Crippen LogP contribution in [0.2, 0.25) is 0 Å². The highest BCUT2D eigenvalue weighted by atomic mass is 19.1. The summed E-state index contributed by atoms with van der Waals surface area (Å²) in [4.78, 5) is 45.8. The first kappa shape index (κ1) is 26.6. The van der Waals surface area contributed by atoms with Crippen LogP contribution in [-0.4, -0.2) is 42.6 Å². The first-order chi connectivity index (χ1) is 20.9. The van der Waals surface area contributed by atoms with E-state index >= 15 is 0 Å². The number of amides is 1. The lowest BCUT2D eigenvalue weighted by Gasteiger charge is -2.38. The SMILES string of the molecule is COc1ccc(C(=O)[C@@H]2[C@H](C(=O)c3ccc(F)cc3)N3C=Cc4ccccc4[C@H]3[C@@]23C(=O)Nc2ccccc23)cc1OC. The molecular weight excluding hydrogens is 547 g/mol. The van der Waals surface area contributed by atoms with Gasteiger partial charge in [0, 0.05) is 23.0 Å². The predicted molar refractivity (Wildman–Crippen MR) is 159 cm³/mol. The number of Topliss-reactive ketones (excluding diaryl/α,β-unsaturated/α-hetero) is 2. The minimum atomic E-state index is -1.47. The number of halogens is 1. The number of nitrogens with one attached hydrogen (secondary N) is 1. The topological polar surface area (TPSA) is 84.9 Å². The highest BCUT2D eigenvalue weighted by molar-refractivity contribution is 6.16. The summed E-state index contributed by atoms with van der Waals surface area (Å²) in [6.45, 7) is 0. The Kier molecular flexibility index (Phi) is 6.16.